The quantitative estimate of drug-likeness (QED) is 0.341. The first-order valence-corrected chi connectivity index (χ1v) is 10.5. The van der Waals surface area contributed by atoms with Crippen LogP contribution in [-0.4, -0.2) is 21.2 Å². The highest BCUT2D eigenvalue weighted by Crippen LogP contribution is 2.21. The van der Waals surface area contributed by atoms with Crippen molar-refractivity contribution in [2.75, 3.05) is 11.1 Å². The van der Waals surface area contributed by atoms with Crippen molar-refractivity contribution in [2.24, 2.45) is 0 Å². The minimum Gasteiger partial charge on any atom is -0.323 e. The number of hydrogen-bond acceptors (Lipinski definition) is 4. The lowest BCUT2D eigenvalue weighted by atomic mass is 10.2. The predicted molar refractivity (Wildman–Crippen MR) is 117 cm³/mol. The third-order valence-corrected chi connectivity index (χ3v) is 5.59. The van der Waals surface area contributed by atoms with Crippen LogP contribution in [0.1, 0.15) is 5.56 Å². The van der Waals surface area contributed by atoms with Crippen LogP contribution in [0, 0.1) is 17.5 Å². The first-order chi connectivity index (χ1) is 15.4. The van der Waals surface area contributed by atoms with E-state index in [4.69, 9.17) is 0 Å². The largest absolute Gasteiger partial charge is 0.323 e. The summed E-state index contributed by atoms with van der Waals surface area (Å²) in [6.45, 7) is 0.124. The summed E-state index contributed by atoms with van der Waals surface area (Å²) in [5, 5.41) is 3.00. The minimum absolute atomic E-state index is 0.124. The minimum atomic E-state index is -0.762. The maximum Gasteiger partial charge on any atom is 0.262 e. The molecule has 0 spiro atoms. The van der Waals surface area contributed by atoms with Crippen LogP contribution in [0.15, 0.2) is 76.7 Å². The fraction of sp³-hybridized carbons (Fsp3) is 0.0870. The Kier molecular flexibility index (Phi) is 6.27. The molecule has 0 unspecified atom stereocenters. The second kappa shape index (κ2) is 9.27. The standard InChI is InChI=1S/C23H16F3N3O2S/c24-15-7-5-14(6-8-15)12-29-22(31)17-3-1-2-4-19(17)28-23(29)32-13-21(30)27-20-11-16(25)9-10-18(20)26/h1-11H,12-13H2,(H,27,30). The van der Waals surface area contributed by atoms with E-state index in [0.29, 0.717) is 16.5 Å². The number of amides is 1. The smallest absolute Gasteiger partial charge is 0.262 e. The van der Waals surface area contributed by atoms with Crippen molar-refractivity contribution in [3.8, 4) is 0 Å². The van der Waals surface area contributed by atoms with Crippen LogP contribution in [-0.2, 0) is 11.3 Å². The van der Waals surface area contributed by atoms with E-state index < -0.39 is 23.4 Å². The van der Waals surface area contributed by atoms with E-state index in [1.165, 1.54) is 16.7 Å². The number of hydrogen-bond donors (Lipinski definition) is 1. The molecule has 0 aliphatic carbocycles. The Labute approximate surface area is 184 Å². The van der Waals surface area contributed by atoms with Gasteiger partial charge in [0.25, 0.3) is 5.56 Å². The third-order valence-electron chi connectivity index (χ3n) is 4.62. The van der Waals surface area contributed by atoms with Crippen molar-refractivity contribution in [3.63, 3.8) is 0 Å². The molecule has 32 heavy (non-hydrogen) atoms. The Morgan fingerprint density at radius 2 is 1.69 bits per heavy atom. The van der Waals surface area contributed by atoms with E-state index >= 15 is 0 Å². The molecular weight excluding hydrogens is 439 g/mol. The number of carbonyl (C=O) groups excluding carboxylic acids is 1. The van der Waals surface area contributed by atoms with E-state index in [9.17, 15) is 22.8 Å². The van der Waals surface area contributed by atoms with E-state index in [-0.39, 0.29) is 28.7 Å². The Morgan fingerprint density at radius 3 is 2.47 bits per heavy atom. The number of nitrogens with zero attached hydrogens (tertiary/aromatic N) is 2. The van der Waals surface area contributed by atoms with E-state index in [1.54, 1.807) is 36.4 Å². The number of nitrogens with one attached hydrogen (secondary N) is 1. The molecule has 0 fully saturated rings. The van der Waals surface area contributed by atoms with Crippen LogP contribution in [0.2, 0.25) is 0 Å². The van der Waals surface area contributed by atoms with Gasteiger partial charge in [-0.1, -0.05) is 36.0 Å². The molecule has 162 valence electrons. The van der Waals surface area contributed by atoms with Crippen molar-refractivity contribution in [1.29, 1.82) is 0 Å². The number of rotatable bonds is 6. The lowest BCUT2D eigenvalue weighted by Gasteiger charge is -2.13. The topological polar surface area (TPSA) is 64.0 Å². The first kappa shape index (κ1) is 21.6. The first-order valence-electron chi connectivity index (χ1n) is 9.52. The van der Waals surface area contributed by atoms with E-state index in [2.05, 4.69) is 10.3 Å². The van der Waals surface area contributed by atoms with Gasteiger partial charge in [0.15, 0.2) is 5.16 Å². The van der Waals surface area contributed by atoms with Crippen LogP contribution in [0.5, 0.6) is 0 Å². The molecule has 0 saturated heterocycles. The number of halogens is 3. The van der Waals surface area contributed by atoms with Gasteiger partial charge in [0.1, 0.15) is 17.5 Å². The van der Waals surface area contributed by atoms with Crippen LogP contribution in [0.25, 0.3) is 10.9 Å². The van der Waals surface area contributed by atoms with Gasteiger partial charge in [-0.25, -0.2) is 18.2 Å². The van der Waals surface area contributed by atoms with Gasteiger partial charge < -0.3 is 5.32 Å². The van der Waals surface area contributed by atoms with Crippen molar-refractivity contribution in [3.05, 3.63) is 100 Å². The lowest BCUT2D eigenvalue weighted by molar-refractivity contribution is -0.113. The van der Waals surface area contributed by atoms with Gasteiger partial charge in [-0.2, -0.15) is 0 Å². The summed E-state index contributed by atoms with van der Waals surface area (Å²) < 4.78 is 41.8. The average Bonchev–Trinajstić information content (AvgIpc) is 2.78. The Bertz CT molecular complexity index is 1360. The average molecular weight is 455 g/mol. The number of benzene rings is 3. The highest BCUT2D eigenvalue weighted by molar-refractivity contribution is 7.99. The van der Waals surface area contributed by atoms with Gasteiger partial charge in [-0.05, 0) is 42.0 Å². The molecule has 4 rings (SSSR count). The summed E-state index contributed by atoms with van der Waals surface area (Å²) >= 11 is 0.985. The van der Waals surface area contributed by atoms with Gasteiger partial charge in [0.05, 0.1) is 28.9 Å². The molecule has 3 aromatic carbocycles. The number of carbonyl (C=O) groups is 1. The Morgan fingerprint density at radius 1 is 0.969 bits per heavy atom. The summed E-state index contributed by atoms with van der Waals surface area (Å²) in [4.78, 5) is 29.9. The SMILES string of the molecule is O=C(CSc1nc2ccccc2c(=O)n1Cc1ccc(F)cc1)Nc1cc(F)ccc1F. The summed E-state index contributed by atoms with van der Waals surface area (Å²) in [6, 6.07) is 15.3. The molecule has 5 nitrogen and oxygen atoms in total. The molecule has 1 amide bonds. The Hall–Kier alpha value is -3.59. The van der Waals surface area contributed by atoms with Gasteiger partial charge in [-0.3, -0.25) is 14.2 Å². The number of fused-ring (bicyclic) bond motifs is 1. The molecule has 0 radical (unpaired) electrons. The highest BCUT2D eigenvalue weighted by atomic mass is 32.2. The zero-order valence-electron chi connectivity index (χ0n) is 16.5. The molecule has 4 aromatic rings. The molecule has 1 heterocycles. The Balaban J connectivity index is 1.61. The van der Waals surface area contributed by atoms with Crippen LogP contribution in [0.4, 0.5) is 18.9 Å². The fourth-order valence-electron chi connectivity index (χ4n) is 3.08. The molecular formula is C23H16F3N3O2S. The lowest BCUT2D eigenvalue weighted by Crippen LogP contribution is -2.25. The number of aromatic nitrogens is 2. The van der Waals surface area contributed by atoms with Crippen molar-refractivity contribution in [2.45, 2.75) is 11.7 Å². The van der Waals surface area contributed by atoms with Crippen molar-refractivity contribution >= 4 is 34.3 Å². The van der Waals surface area contributed by atoms with Gasteiger partial charge in [0, 0.05) is 6.07 Å². The molecule has 1 N–H and O–H groups in total. The summed E-state index contributed by atoms with van der Waals surface area (Å²) in [6.07, 6.45) is 0. The molecule has 0 saturated carbocycles. The van der Waals surface area contributed by atoms with Gasteiger partial charge >= 0.3 is 0 Å². The molecule has 0 bridgehead atoms. The molecule has 9 heteroatoms. The van der Waals surface area contributed by atoms with E-state index in [0.717, 1.165) is 30.0 Å². The number of para-hydroxylation sites is 1. The summed E-state index contributed by atoms with van der Waals surface area (Å²) in [7, 11) is 0. The normalized spacial score (nSPS) is 11.0. The number of thioether (sulfide) groups is 1. The summed E-state index contributed by atoms with van der Waals surface area (Å²) in [5.74, 6) is -2.62. The molecule has 0 aliphatic heterocycles. The third kappa shape index (κ3) is 4.83. The maximum absolute atomic E-state index is 13.8. The molecule has 0 aliphatic rings. The number of anilines is 1. The van der Waals surface area contributed by atoms with Crippen LogP contribution < -0.4 is 10.9 Å². The van der Waals surface area contributed by atoms with E-state index in [1.807, 2.05) is 0 Å². The van der Waals surface area contributed by atoms with Crippen LogP contribution >= 0.6 is 11.8 Å². The second-order valence-electron chi connectivity index (χ2n) is 6.89. The fourth-order valence-corrected chi connectivity index (χ4v) is 3.88. The zero-order chi connectivity index (χ0) is 22.7. The van der Waals surface area contributed by atoms with Gasteiger partial charge in [-0.15, -0.1) is 0 Å². The van der Waals surface area contributed by atoms with Crippen molar-refractivity contribution in [1.82, 2.24) is 9.55 Å². The molecule has 1 aromatic heterocycles. The summed E-state index contributed by atoms with van der Waals surface area (Å²) in [5.41, 5.74) is 0.565. The second-order valence-corrected chi connectivity index (χ2v) is 7.83. The molecule has 0 atom stereocenters. The maximum atomic E-state index is 13.8. The zero-order valence-corrected chi connectivity index (χ0v) is 17.3. The van der Waals surface area contributed by atoms with Crippen molar-refractivity contribution < 1.29 is 18.0 Å². The monoisotopic (exact) mass is 455 g/mol. The predicted octanol–water partition coefficient (Wildman–Crippen LogP) is 4.59. The van der Waals surface area contributed by atoms with Crippen LogP contribution in [0.3, 0.4) is 0 Å². The van der Waals surface area contributed by atoms with Gasteiger partial charge in [0.2, 0.25) is 5.91 Å². The highest BCUT2D eigenvalue weighted by Gasteiger charge is 2.15.